The fraction of sp³-hybridized carbons (Fsp3) is 0.261. The average molecular weight is 349 g/mol. The first kappa shape index (κ1) is 17.8. The molecule has 0 radical (unpaired) electrons. The van der Waals surface area contributed by atoms with Gasteiger partial charge in [-0.15, -0.1) is 11.8 Å². The number of rotatable bonds is 8. The van der Waals surface area contributed by atoms with Crippen molar-refractivity contribution in [2.75, 3.05) is 0 Å². The molecule has 1 atom stereocenters. The molecule has 0 bridgehead atoms. The van der Waals surface area contributed by atoms with Gasteiger partial charge in [0.1, 0.15) is 5.78 Å². The molecule has 0 heterocycles. The van der Waals surface area contributed by atoms with Crippen molar-refractivity contribution < 1.29 is 4.79 Å². The van der Waals surface area contributed by atoms with Gasteiger partial charge in [0.2, 0.25) is 0 Å². The number of hydrogen-bond acceptors (Lipinski definition) is 2. The second-order valence-corrected chi connectivity index (χ2v) is 7.57. The summed E-state index contributed by atoms with van der Waals surface area (Å²) >= 11 is 1.74. The lowest BCUT2D eigenvalue weighted by molar-refractivity contribution is -0.118. The van der Waals surface area contributed by atoms with Crippen molar-refractivity contribution >= 4 is 28.3 Å². The minimum atomic E-state index is 0.0412. The van der Waals surface area contributed by atoms with E-state index in [9.17, 15) is 4.79 Å². The van der Waals surface area contributed by atoms with Crippen LogP contribution in [0.15, 0.2) is 77.7 Å². The van der Waals surface area contributed by atoms with Gasteiger partial charge in [0.15, 0.2) is 0 Å². The molecule has 0 aliphatic heterocycles. The molecule has 0 spiro atoms. The first-order valence-corrected chi connectivity index (χ1v) is 9.87. The lowest BCUT2D eigenvalue weighted by atomic mass is 10.0. The van der Waals surface area contributed by atoms with Crippen LogP contribution < -0.4 is 0 Å². The number of benzene rings is 3. The maximum atomic E-state index is 12.8. The van der Waals surface area contributed by atoms with Gasteiger partial charge < -0.3 is 0 Å². The Morgan fingerprint density at radius 1 is 0.920 bits per heavy atom. The molecule has 2 heteroatoms. The van der Waals surface area contributed by atoms with E-state index in [2.05, 4.69) is 61.5 Å². The van der Waals surface area contributed by atoms with Gasteiger partial charge in [0, 0.05) is 11.3 Å². The van der Waals surface area contributed by atoms with Gasteiger partial charge in [0.25, 0.3) is 0 Å². The summed E-state index contributed by atoms with van der Waals surface area (Å²) in [5, 5.41) is 2.52. The second kappa shape index (κ2) is 8.87. The summed E-state index contributed by atoms with van der Waals surface area (Å²) in [6.07, 6.45) is 3.41. The molecule has 0 aromatic heterocycles. The van der Waals surface area contributed by atoms with Crippen LogP contribution in [0.4, 0.5) is 0 Å². The number of hydrogen-bond donors (Lipinski definition) is 0. The normalized spacial score (nSPS) is 12.2. The summed E-state index contributed by atoms with van der Waals surface area (Å²) in [6, 6.07) is 25.0. The van der Waals surface area contributed by atoms with Crippen LogP contribution in [0, 0.1) is 0 Å². The number of fused-ring (bicyclic) bond motifs is 1. The highest BCUT2D eigenvalue weighted by Gasteiger charge is 2.19. The Balaban J connectivity index is 1.72. The quantitative estimate of drug-likeness (QED) is 0.444. The summed E-state index contributed by atoms with van der Waals surface area (Å²) in [4.78, 5) is 14.0. The zero-order chi connectivity index (χ0) is 17.5. The van der Waals surface area contributed by atoms with E-state index in [-0.39, 0.29) is 5.25 Å². The largest absolute Gasteiger partial charge is 0.298 e. The Morgan fingerprint density at radius 3 is 2.44 bits per heavy atom. The molecule has 0 N–H and O–H groups in total. The van der Waals surface area contributed by atoms with Crippen LogP contribution in [-0.2, 0) is 11.2 Å². The molecule has 3 rings (SSSR count). The molecule has 3 aromatic carbocycles. The number of ketones is 1. The number of carbonyl (C=O) groups is 1. The minimum absolute atomic E-state index is 0.0412. The lowest BCUT2D eigenvalue weighted by Gasteiger charge is -2.16. The van der Waals surface area contributed by atoms with E-state index in [0.717, 1.165) is 19.3 Å². The fourth-order valence-electron chi connectivity index (χ4n) is 3.07. The molecular formula is C23H24OS. The molecule has 128 valence electrons. The van der Waals surface area contributed by atoms with Crippen LogP contribution in [-0.4, -0.2) is 11.0 Å². The standard InChI is InChI=1S/C23H24OS/c1-2-9-23(21(24)17-16-18-10-4-3-5-11-18)25-22-15-8-13-19-12-6-7-14-20(19)22/h3-8,10-15,23H,2,9,16-17H2,1H3. The summed E-state index contributed by atoms with van der Waals surface area (Å²) in [6.45, 7) is 2.15. The lowest BCUT2D eigenvalue weighted by Crippen LogP contribution is -2.17. The topological polar surface area (TPSA) is 17.1 Å². The zero-order valence-corrected chi connectivity index (χ0v) is 15.5. The SMILES string of the molecule is CCCC(Sc1cccc2ccccc12)C(=O)CCc1ccccc1. The Bertz CT molecular complexity index is 820. The molecular weight excluding hydrogens is 324 g/mol. The Hall–Kier alpha value is -2.06. The van der Waals surface area contributed by atoms with E-state index < -0.39 is 0 Å². The number of carbonyl (C=O) groups excluding carboxylic acids is 1. The van der Waals surface area contributed by atoms with Crippen molar-refractivity contribution in [2.24, 2.45) is 0 Å². The highest BCUT2D eigenvalue weighted by atomic mass is 32.2. The summed E-state index contributed by atoms with van der Waals surface area (Å²) < 4.78 is 0. The maximum Gasteiger partial charge on any atom is 0.146 e. The maximum absolute atomic E-state index is 12.8. The van der Waals surface area contributed by atoms with Gasteiger partial charge in [-0.3, -0.25) is 4.79 Å². The monoisotopic (exact) mass is 348 g/mol. The van der Waals surface area contributed by atoms with Crippen LogP contribution in [0.1, 0.15) is 31.7 Å². The van der Waals surface area contributed by atoms with E-state index in [1.165, 1.54) is 21.2 Å². The Morgan fingerprint density at radius 2 is 1.64 bits per heavy atom. The number of thioether (sulfide) groups is 1. The highest BCUT2D eigenvalue weighted by Crippen LogP contribution is 2.33. The van der Waals surface area contributed by atoms with Crippen molar-refractivity contribution in [2.45, 2.75) is 42.8 Å². The molecule has 3 aromatic rings. The van der Waals surface area contributed by atoms with Crippen LogP contribution in [0.5, 0.6) is 0 Å². The van der Waals surface area contributed by atoms with E-state index >= 15 is 0 Å². The number of aryl methyl sites for hydroxylation is 1. The third kappa shape index (κ3) is 4.73. The van der Waals surface area contributed by atoms with Crippen LogP contribution >= 0.6 is 11.8 Å². The summed E-state index contributed by atoms with van der Waals surface area (Å²) in [5.41, 5.74) is 1.24. The van der Waals surface area contributed by atoms with E-state index in [1.54, 1.807) is 11.8 Å². The zero-order valence-electron chi connectivity index (χ0n) is 14.7. The van der Waals surface area contributed by atoms with Gasteiger partial charge in [-0.1, -0.05) is 80.1 Å². The van der Waals surface area contributed by atoms with Crippen molar-refractivity contribution in [1.82, 2.24) is 0 Å². The summed E-state index contributed by atoms with van der Waals surface area (Å²) in [5.74, 6) is 0.364. The molecule has 0 amide bonds. The van der Waals surface area contributed by atoms with Crippen molar-refractivity contribution in [3.05, 3.63) is 78.4 Å². The Kier molecular flexibility index (Phi) is 6.30. The molecule has 1 unspecified atom stereocenters. The van der Waals surface area contributed by atoms with E-state index in [1.807, 2.05) is 18.2 Å². The van der Waals surface area contributed by atoms with Crippen LogP contribution in [0.3, 0.4) is 0 Å². The first-order chi connectivity index (χ1) is 12.3. The third-order valence-corrected chi connectivity index (χ3v) is 5.82. The van der Waals surface area contributed by atoms with E-state index in [4.69, 9.17) is 0 Å². The van der Waals surface area contributed by atoms with E-state index in [0.29, 0.717) is 12.2 Å². The van der Waals surface area contributed by atoms with Crippen LogP contribution in [0.25, 0.3) is 10.8 Å². The minimum Gasteiger partial charge on any atom is -0.298 e. The fourth-order valence-corrected chi connectivity index (χ4v) is 4.45. The average Bonchev–Trinajstić information content (AvgIpc) is 2.67. The molecule has 0 aliphatic rings. The third-order valence-electron chi connectivity index (χ3n) is 4.43. The number of Topliss-reactive ketones (excluding diaryl/α,β-unsaturated/α-hetero) is 1. The van der Waals surface area contributed by atoms with Gasteiger partial charge in [-0.25, -0.2) is 0 Å². The predicted molar refractivity (Wildman–Crippen MR) is 108 cm³/mol. The molecule has 0 saturated heterocycles. The second-order valence-electron chi connectivity index (χ2n) is 6.32. The first-order valence-electron chi connectivity index (χ1n) is 8.99. The van der Waals surface area contributed by atoms with Gasteiger partial charge in [-0.2, -0.15) is 0 Å². The smallest absolute Gasteiger partial charge is 0.146 e. The highest BCUT2D eigenvalue weighted by molar-refractivity contribution is 8.00. The molecule has 1 nitrogen and oxygen atoms in total. The Labute approximate surface area is 154 Å². The van der Waals surface area contributed by atoms with Crippen molar-refractivity contribution in [3.63, 3.8) is 0 Å². The molecule has 0 saturated carbocycles. The van der Waals surface area contributed by atoms with Gasteiger partial charge in [0.05, 0.1) is 5.25 Å². The van der Waals surface area contributed by atoms with Crippen molar-refractivity contribution in [3.8, 4) is 0 Å². The van der Waals surface area contributed by atoms with Crippen LogP contribution in [0.2, 0.25) is 0 Å². The van der Waals surface area contributed by atoms with Gasteiger partial charge >= 0.3 is 0 Å². The molecule has 0 aliphatic carbocycles. The predicted octanol–water partition coefficient (Wildman–Crippen LogP) is 6.30. The summed E-state index contributed by atoms with van der Waals surface area (Å²) in [7, 11) is 0. The van der Waals surface area contributed by atoms with Gasteiger partial charge in [-0.05, 0) is 35.2 Å². The molecule has 25 heavy (non-hydrogen) atoms. The van der Waals surface area contributed by atoms with Crippen molar-refractivity contribution in [1.29, 1.82) is 0 Å². The molecule has 0 fully saturated rings.